The van der Waals surface area contributed by atoms with Gasteiger partial charge in [-0.3, -0.25) is 0 Å². The Morgan fingerprint density at radius 1 is 0.370 bits per heavy atom. The minimum Gasteiger partial charge on any atom is -0.464 e. The summed E-state index contributed by atoms with van der Waals surface area (Å²) in [5.41, 5.74) is 9.87. The Labute approximate surface area is 264 Å². The van der Waals surface area contributed by atoms with Crippen molar-refractivity contribution in [2.75, 3.05) is 0 Å². The van der Waals surface area contributed by atoms with E-state index in [-0.39, 0.29) is 0 Å². The molecule has 2 heterocycles. The van der Waals surface area contributed by atoms with Gasteiger partial charge in [-0.15, -0.1) is 0 Å². The van der Waals surface area contributed by atoms with Crippen molar-refractivity contribution in [3.8, 4) is 33.4 Å². The maximum atomic E-state index is 6.76. The lowest BCUT2D eigenvalue weighted by Crippen LogP contribution is -1.91. The number of fused-ring (bicyclic) bond motifs is 8. The highest BCUT2D eigenvalue weighted by molar-refractivity contribution is 6.28. The van der Waals surface area contributed by atoms with Crippen LogP contribution in [0, 0.1) is 0 Å². The Balaban J connectivity index is 1.35. The number of hydrogen-bond donors (Lipinski definition) is 0. The molecule has 0 radical (unpaired) electrons. The molecule has 2 aromatic heterocycles. The van der Waals surface area contributed by atoms with Crippen LogP contribution in [0.4, 0.5) is 0 Å². The van der Waals surface area contributed by atoms with Crippen LogP contribution in [0.25, 0.3) is 98.6 Å². The summed E-state index contributed by atoms with van der Waals surface area (Å²) < 4.78 is 12.6. The summed E-state index contributed by atoms with van der Waals surface area (Å²) in [7, 11) is 0. The summed E-state index contributed by atoms with van der Waals surface area (Å²) in [5, 5.41) is 10.5. The Morgan fingerprint density at radius 2 is 1.02 bits per heavy atom. The average Bonchev–Trinajstić information content (AvgIpc) is 3.75. The fraction of sp³-hybridized carbons (Fsp3) is 0. The van der Waals surface area contributed by atoms with Crippen molar-refractivity contribution in [1.82, 2.24) is 0 Å². The predicted octanol–water partition coefficient (Wildman–Crippen LogP) is 12.8. The van der Waals surface area contributed by atoms with Gasteiger partial charge in [0.05, 0.1) is 6.26 Å². The number of benzene rings is 8. The molecule has 0 aliphatic rings. The van der Waals surface area contributed by atoms with Crippen molar-refractivity contribution < 1.29 is 8.83 Å². The number of rotatable bonds is 3. The molecule has 10 aromatic rings. The monoisotopic (exact) mass is 586 g/mol. The van der Waals surface area contributed by atoms with Gasteiger partial charge >= 0.3 is 0 Å². The highest BCUT2D eigenvalue weighted by atomic mass is 16.3. The lowest BCUT2D eigenvalue weighted by atomic mass is 9.84. The third kappa shape index (κ3) is 3.59. The molecule has 2 nitrogen and oxygen atoms in total. The maximum Gasteiger partial charge on any atom is 0.143 e. The Kier molecular flexibility index (Phi) is 5.31. The molecule has 0 amide bonds. The Hall–Kier alpha value is -6.12. The van der Waals surface area contributed by atoms with Crippen molar-refractivity contribution in [2.24, 2.45) is 0 Å². The highest BCUT2D eigenvalue weighted by Crippen LogP contribution is 2.48. The van der Waals surface area contributed by atoms with Crippen LogP contribution in [0.5, 0.6) is 0 Å². The van der Waals surface area contributed by atoms with Gasteiger partial charge < -0.3 is 8.83 Å². The van der Waals surface area contributed by atoms with E-state index in [1.807, 2.05) is 6.07 Å². The van der Waals surface area contributed by atoms with E-state index < -0.39 is 0 Å². The van der Waals surface area contributed by atoms with Crippen LogP contribution in [0.1, 0.15) is 0 Å². The molecule has 0 spiro atoms. The topological polar surface area (TPSA) is 26.3 Å². The number of furan rings is 2. The van der Waals surface area contributed by atoms with Crippen LogP contribution in [0.3, 0.4) is 0 Å². The fourth-order valence-corrected chi connectivity index (χ4v) is 7.55. The van der Waals surface area contributed by atoms with Gasteiger partial charge in [-0.1, -0.05) is 127 Å². The van der Waals surface area contributed by atoms with Crippen LogP contribution in [0.2, 0.25) is 0 Å². The normalized spacial score (nSPS) is 11.9. The molecule has 46 heavy (non-hydrogen) atoms. The van der Waals surface area contributed by atoms with Crippen LogP contribution >= 0.6 is 0 Å². The molecular formula is C44H26O2. The minimum absolute atomic E-state index is 0.892. The first kappa shape index (κ1) is 25.2. The van der Waals surface area contributed by atoms with Gasteiger partial charge in [0, 0.05) is 21.5 Å². The Morgan fingerprint density at radius 3 is 1.76 bits per heavy atom. The van der Waals surface area contributed by atoms with E-state index in [2.05, 4.69) is 146 Å². The second-order valence-electron chi connectivity index (χ2n) is 12.0. The first-order valence-electron chi connectivity index (χ1n) is 15.7. The molecule has 0 aliphatic carbocycles. The second kappa shape index (κ2) is 9.69. The minimum atomic E-state index is 0.892. The summed E-state index contributed by atoms with van der Waals surface area (Å²) in [6, 6.07) is 54.2. The Bertz CT molecular complexity index is 2740. The van der Waals surface area contributed by atoms with Gasteiger partial charge in [-0.25, -0.2) is 0 Å². The molecule has 0 saturated carbocycles. The molecule has 2 heteroatoms. The molecule has 8 aromatic carbocycles. The van der Waals surface area contributed by atoms with E-state index in [4.69, 9.17) is 8.83 Å². The van der Waals surface area contributed by atoms with Crippen molar-refractivity contribution in [3.05, 3.63) is 158 Å². The third-order valence-corrected chi connectivity index (χ3v) is 9.53. The number of hydrogen-bond acceptors (Lipinski definition) is 2. The molecule has 0 bridgehead atoms. The molecule has 10 rings (SSSR count). The summed E-state index contributed by atoms with van der Waals surface area (Å²) in [4.78, 5) is 0. The smallest absolute Gasteiger partial charge is 0.143 e. The van der Waals surface area contributed by atoms with Gasteiger partial charge in [0.1, 0.15) is 16.7 Å². The SMILES string of the molecule is c1ccc(-c2cc3c(oc4cccc(-c5c6ccccc6c(-c6ccc7ccoc7c6)c6ccccc56)c43)c3ccccc23)cc1. The molecular weight excluding hydrogens is 560 g/mol. The van der Waals surface area contributed by atoms with Crippen molar-refractivity contribution in [2.45, 2.75) is 0 Å². The van der Waals surface area contributed by atoms with E-state index in [1.54, 1.807) is 6.26 Å². The van der Waals surface area contributed by atoms with Crippen molar-refractivity contribution in [3.63, 3.8) is 0 Å². The van der Waals surface area contributed by atoms with E-state index in [0.717, 1.165) is 43.9 Å². The highest BCUT2D eigenvalue weighted by Gasteiger charge is 2.22. The second-order valence-corrected chi connectivity index (χ2v) is 12.0. The standard InChI is InChI=1S/C44H26O2/c1-2-11-27(12-3-1)37-26-38-43-36(19-10-20-39(43)46-44(38)35-18-9-4-13-30(35)37)42-33-16-7-5-14-31(33)41(32-15-6-8-17-34(32)42)29-22-21-28-23-24-45-40(28)25-29/h1-26H. The maximum absolute atomic E-state index is 6.76. The molecule has 0 aliphatic heterocycles. The largest absolute Gasteiger partial charge is 0.464 e. The zero-order valence-electron chi connectivity index (χ0n) is 24.8. The molecule has 0 unspecified atom stereocenters. The van der Waals surface area contributed by atoms with Gasteiger partial charge in [-0.2, -0.15) is 0 Å². The van der Waals surface area contributed by atoms with E-state index in [0.29, 0.717) is 0 Å². The van der Waals surface area contributed by atoms with Crippen molar-refractivity contribution >= 4 is 65.2 Å². The molecule has 0 atom stereocenters. The molecule has 0 fully saturated rings. The summed E-state index contributed by atoms with van der Waals surface area (Å²) in [6.45, 7) is 0. The van der Waals surface area contributed by atoms with Crippen molar-refractivity contribution in [1.29, 1.82) is 0 Å². The summed E-state index contributed by atoms with van der Waals surface area (Å²) in [6.07, 6.45) is 1.76. The van der Waals surface area contributed by atoms with Crippen LogP contribution in [0.15, 0.2) is 167 Å². The van der Waals surface area contributed by atoms with Gasteiger partial charge in [0.25, 0.3) is 0 Å². The first-order valence-corrected chi connectivity index (χ1v) is 15.7. The van der Waals surface area contributed by atoms with Crippen LogP contribution in [-0.2, 0) is 0 Å². The predicted molar refractivity (Wildman–Crippen MR) is 192 cm³/mol. The van der Waals surface area contributed by atoms with Gasteiger partial charge in [-0.05, 0) is 84.6 Å². The lowest BCUT2D eigenvalue weighted by molar-refractivity contribution is 0.616. The van der Waals surface area contributed by atoms with Gasteiger partial charge in [0.15, 0.2) is 0 Å². The summed E-state index contributed by atoms with van der Waals surface area (Å²) in [5.74, 6) is 0. The zero-order chi connectivity index (χ0) is 30.2. The van der Waals surface area contributed by atoms with E-state index in [1.165, 1.54) is 54.7 Å². The first-order chi connectivity index (χ1) is 22.8. The summed E-state index contributed by atoms with van der Waals surface area (Å²) >= 11 is 0. The van der Waals surface area contributed by atoms with Crippen LogP contribution < -0.4 is 0 Å². The van der Waals surface area contributed by atoms with E-state index >= 15 is 0 Å². The molecule has 0 N–H and O–H groups in total. The fourth-order valence-electron chi connectivity index (χ4n) is 7.55. The quantitative estimate of drug-likeness (QED) is 0.193. The van der Waals surface area contributed by atoms with Gasteiger partial charge in [0.2, 0.25) is 0 Å². The average molecular weight is 587 g/mol. The molecule has 0 saturated heterocycles. The van der Waals surface area contributed by atoms with E-state index in [9.17, 15) is 0 Å². The van der Waals surface area contributed by atoms with Crippen LogP contribution in [-0.4, -0.2) is 0 Å². The third-order valence-electron chi connectivity index (χ3n) is 9.53. The lowest BCUT2D eigenvalue weighted by Gasteiger charge is -2.18. The zero-order valence-corrected chi connectivity index (χ0v) is 24.8. The molecule has 214 valence electrons.